The summed E-state index contributed by atoms with van der Waals surface area (Å²) in [6.07, 6.45) is 3.15. The average Bonchev–Trinajstić information content (AvgIpc) is 3.02. The number of primary amides is 1. The number of hydrogen-bond acceptors (Lipinski definition) is 4. The van der Waals surface area contributed by atoms with E-state index >= 15 is 0 Å². The van der Waals surface area contributed by atoms with Crippen LogP contribution in [-0.4, -0.2) is 33.1 Å². The molecule has 0 atom stereocenters. The SMILES string of the molecule is Cc1ccccc1Cn1c2cncc(OCC(=O)O)c2c2c(C(N)=O)cccc21. The van der Waals surface area contributed by atoms with Crippen LogP contribution in [0, 0.1) is 6.92 Å². The molecule has 0 aliphatic carbocycles. The maximum atomic E-state index is 12.1. The Morgan fingerprint density at radius 1 is 1.07 bits per heavy atom. The molecule has 4 aromatic rings. The predicted octanol–water partition coefficient (Wildman–Crippen LogP) is 3.11. The third kappa shape index (κ3) is 3.27. The van der Waals surface area contributed by atoms with Crippen LogP contribution in [0.3, 0.4) is 0 Å². The summed E-state index contributed by atoms with van der Waals surface area (Å²) < 4.78 is 7.53. The standard InChI is InChI=1S/C22H19N3O4/c1-13-5-2-3-6-14(13)11-25-16-8-4-7-15(22(23)28)20(16)21-17(25)9-24-10-18(21)29-12-19(26)27/h2-10H,11-12H2,1H3,(H2,23,28)(H,26,27). The minimum atomic E-state index is -1.10. The van der Waals surface area contributed by atoms with Crippen LogP contribution in [0.15, 0.2) is 54.9 Å². The lowest BCUT2D eigenvalue weighted by Gasteiger charge is -2.10. The van der Waals surface area contributed by atoms with Crippen molar-refractivity contribution in [3.8, 4) is 5.75 Å². The molecule has 0 fully saturated rings. The second kappa shape index (κ2) is 7.27. The van der Waals surface area contributed by atoms with Crippen molar-refractivity contribution in [1.82, 2.24) is 9.55 Å². The van der Waals surface area contributed by atoms with E-state index in [-0.39, 0.29) is 0 Å². The number of aliphatic carboxylic acids is 1. The lowest BCUT2D eigenvalue weighted by Crippen LogP contribution is -2.11. The number of ether oxygens (including phenoxy) is 1. The van der Waals surface area contributed by atoms with Crippen molar-refractivity contribution in [2.24, 2.45) is 5.73 Å². The van der Waals surface area contributed by atoms with Crippen LogP contribution in [0.2, 0.25) is 0 Å². The number of aryl methyl sites for hydroxylation is 1. The van der Waals surface area contributed by atoms with Gasteiger partial charge in [-0.25, -0.2) is 4.79 Å². The molecule has 0 aliphatic heterocycles. The van der Waals surface area contributed by atoms with Crippen LogP contribution in [0.25, 0.3) is 21.8 Å². The second-order valence-electron chi connectivity index (χ2n) is 6.79. The van der Waals surface area contributed by atoms with E-state index in [1.165, 1.54) is 6.20 Å². The molecule has 7 heteroatoms. The molecule has 146 valence electrons. The molecule has 1 amide bonds. The highest BCUT2D eigenvalue weighted by molar-refractivity contribution is 6.19. The summed E-state index contributed by atoms with van der Waals surface area (Å²) in [6, 6.07) is 13.4. The Morgan fingerprint density at radius 2 is 1.86 bits per heavy atom. The third-order valence-corrected chi connectivity index (χ3v) is 4.97. The summed E-state index contributed by atoms with van der Waals surface area (Å²) in [5.41, 5.74) is 9.77. The van der Waals surface area contributed by atoms with E-state index < -0.39 is 18.5 Å². The second-order valence-corrected chi connectivity index (χ2v) is 6.79. The van der Waals surface area contributed by atoms with Gasteiger partial charge in [0.1, 0.15) is 5.75 Å². The van der Waals surface area contributed by atoms with E-state index in [4.69, 9.17) is 15.6 Å². The highest BCUT2D eigenvalue weighted by Crippen LogP contribution is 2.37. The van der Waals surface area contributed by atoms with Gasteiger partial charge in [0.15, 0.2) is 6.61 Å². The van der Waals surface area contributed by atoms with Gasteiger partial charge in [-0.2, -0.15) is 0 Å². The van der Waals surface area contributed by atoms with Gasteiger partial charge in [0.05, 0.1) is 28.8 Å². The predicted molar refractivity (Wildman–Crippen MR) is 109 cm³/mol. The number of carbonyl (C=O) groups is 2. The molecule has 0 aliphatic rings. The minimum Gasteiger partial charge on any atom is -0.480 e. The molecule has 0 saturated heterocycles. The van der Waals surface area contributed by atoms with Crippen molar-refractivity contribution in [2.45, 2.75) is 13.5 Å². The Bertz CT molecular complexity index is 1260. The van der Waals surface area contributed by atoms with E-state index in [0.29, 0.717) is 28.6 Å². The number of aromatic nitrogens is 2. The Morgan fingerprint density at radius 3 is 2.59 bits per heavy atom. The molecule has 0 spiro atoms. The summed E-state index contributed by atoms with van der Waals surface area (Å²) in [4.78, 5) is 27.4. The molecule has 2 heterocycles. The molecule has 0 unspecified atom stereocenters. The van der Waals surface area contributed by atoms with Gasteiger partial charge in [-0.1, -0.05) is 30.3 Å². The number of rotatable bonds is 6. The third-order valence-electron chi connectivity index (χ3n) is 4.97. The van der Waals surface area contributed by atoms with Crippen LogP contribution in [0.5, 0.6) is 5.75 Å². The number of nitrogens with zero attached hydrogens (tertiary/aromatic N) is 2. The Kier molecular flexibility index (Phi) is 4.64. The molecule has 0 bridgehead atoms. The number of fused-ring (bicyclic) bond motifs is 3. The Labute approximate surface area is 166 Å². The first kappa shape index (κ1) is 18.5. The highest BCUT2D eigenvalue weighted by atomic mass is 16.5. The molecule has 4 rings (SSSR count). The van der Waals surface area contributed by atoms with E-state index in [1.807, 2.05) is 41.8 Å². The lowest BCUT2D eigenvalue weighted by molar-refractivity contribution is -0.139. The quantitative estimate of drug-likeness (QED) is 0.527. The molecule has 0 radical (unpaired) electrons. The largest absolute Gasteiger partial charge is 0.480 e. The number of carboxylic acid groups (broad SMARTS) is 1. The summed E-state index contributed by atoms with van der Waals surface area (Å²) in [5, 5.41) is 10.3. The first-order chi connectivity index (χ1) is 14.0. The summed E-state index contributed by atoms with van der Waals surface area (Å²) in [6.45, 7) is 2.08. The van der Waals surface area contributed by atoms with Crippen molar-refractivity contribution in [1.29, 1.82) is 0 Å². The Balaban J connectivity index is 2.03. The molecule has 0 saturated carbocycles. The maximum Gasteiger partial charge on any atom is 0.341 e. The summed E-state index contributed by atoms with van der Waals surface area (Å²) in [5.74, 6) is -1.36. The maximum absolute atomic E-state index is 12.1. The van der Waals surface area contributed by atoms with Gasteiger partial charge >= 0.3 is 5.97 Å². The zero-order valence-corrected chi connectivity index (χ0v) is 15.8. The highest BCUT2D eigenvalue weighted by Gasteiger charge is 2.20. The van der Waals surface area contributed by atoms with Crippen LogP contribution >= 0.6 is 0 Å². The fourth-order valence-electron chi connectivity index (χ4n) is 3.63. The van der Waals surface area contributed by atoms with Gasteiger partial charge in [0, 0.05) is 17.5 Å². The molecule has 2 aromatic carbocycles. The van der Waals surface area contributed by atoms with E-state index in [0.717, 1.165) is 22.2 Å². The van der Waals surface area contributed by atoms with Gasteiger partial charge < -0.3 is 20.1 Å². The molecular weight excluding hydrogens is 370 g/mol. The van der Waals surface area contributed by atoms with E-state index in [2.05, 4.69) is 4.98 Å². The monoisotopic (exact) mass is 389 g/mol. The number of benzene rings is 2. The average molecular weight is 389 g/mol. The first-order valence-corrected chi connectivity index (χ1v) is 9.05. The minimum absolute atomic E-state index is 0.298. The normalized spacial score (nSPS) is 11.1. The van der Waals surface area contributed by atoms with Crippen molar-refractivity contribution in [3.63, 3.8) is 0 Å². The van der Waals surface area contributed by atoms with Crippen LogP contribution in [-0.2, 0) is 11.3 Å². The fraction of sp³-hybridized carbons (Fsp3) is 0.136. The van der Waals surface area contributed by atoms with Gasteiger partial charge in [0.25, 0.3) is 0 Å². The zero-order chi connectivity index (χ0) is 20.5. The molecule has 2 aromatic heterocycles. The summed E-state index contributed by atoms with van der Waals surface area (Å²) >= 11 is 0. The molecular formula is C22H19N3O4. The van der Waals surface area contributed by atoms with E-state index in [1.54, 1.807) is 18.3 Å². The van der Waals surface area contributed by atoms with Crippen molar-refractivity contribution >= 4 is 33.7 Å². The summed E-state index contributed by atoms with van der Waals surface area (Å²) in [7, 11) is 0. The number of amides is 1. The molecule has 3 N–H and O–H groups in total. The van der Waals surface area contributed by atoms with Crippen molar-refractivity contribution in [2.75, 3.05) is 6.61 Å². The first-order valence-electron chi connectivity index (χ1n) is 9.05. The van der Waals surface area contributed by atoms with Gasteiger partial charge in [-0.3, -0.25) is 9.78 Å². The van der Waals surface area contributed by atoms with Gasteiger partial charge in [-0.15, -0.1) is 0 Å². The lowest BCUT2D eigenvalue weighted by atomic mass is 10.1. The topological polar surface area (TPSA) is 107 Å². The van der Waals surface area contributed by atoms with Crippen LogP contribution in [0.1, 0.15) is 21.5 Å². The van der Waals surface area contributed by atoms with Gasteiger partial charge in [-0.05, 0) is 30.2 Å². The molecule has 29 heavy (non-hydrogen) atoms. The van der Waals surface area contributed by atoms with E-state index in [9.17, 15) is 9.59 Å². The number of carbonyl (C=O) groups excluding carboxylic acids is 1. The number of hydrogen-bond donors (Lipinski definition) is 2. The smallest absolute Gasteiger partial charge is 0.341 e. The van der Waals surface area contributed by atoms with Crippen molar-refractivity contribution < 1.29 is 19.4 Å². The van der Waals surface area contributed by atoms with Gasteiger partial charge in [0.2, 0.25) is 5.91 Å². The Hall–Kier alpha value is -3.87. The van der Waals surface area contributed by atoms with Crippen LogP contribution < -0.4 is 10.5 Å². The fourth-order valence-corrected chi connectivity index (χ4v) is 3.63. The molecule has 7 nitrogen and oxygen atoms in total. The number of pyridine rings is 1. The van der Waals surface area contributed by atoms with Crippen LogP contribution in [0.4, 0.5) is 0 Å². The van der Waals surface area contributed by atoms with Crippen molar-refractivity contribution in [3.05, 3.63) is 71.5 Å². The number of carboxylic acids is 1. The number of nitrogens with two attached hydrogens (primary N) is 1. The zero-order valence-electron chi connectivity index (χ0n) is 15.8.